The van der Waals surface area contributed by atoms with Crippen LogP contribution >= 0.6 is 11.8 Å². The Morgan fingerprint density at radius 1 is 1.00 bits per heavy atom. The number of methoxy groups -OCH3 is 2. The van der Waals surface area contributed by atoms with Gasteiger partial charge in [0.05, 0.1) is 25.6 Å². The summed E-state index contributed by atoms with van der Waals surface area (Å²) in [5.41, 5.74) is 1.24. The van der Waals surface area contributed by atoms with Crippen molar-refractivity contribution in [2.75, 3.05) is 20.8 Å². The first-order valence-corrected chi connectivity index (χ1v) is 10.7. The molecular formula is C23H31NO4S. The van der Waals surface area contributed by atoms with Gasteiger partial charge in [-0.3, -0.25) is 4.79 Å². The number of amides is 1. The van der Waals surface area contributed by atoms with Gasteiger partial charge in [0, 0.05) is 11.4 Å². The molecule has 0 saturated heterocycles. The highest BCUT2D eigenvalue weighted by Crippen LogP contribution is 2.33. The number of carbonyl (C=O) groups excluding carboxylic acids is 1. The van der Waals surface area contributed by atoms with E-state index in [1.54, 1.807) is 14.2 Å². The minimum absolute atomic E-state index is 0.0328. The van der Waals surface area contributed by atoms with Gasteiger partial charge in [0.25, 0.3) is 0 Å². The molecule has 29 heavy (non-hydrogen) atoms. The minimum atomic E-state index is -0.194. The van der Waals surface area contributed by atoms with Gasteiger partial charge < -0.3 is 19.5 Å². The van der Waals surface area contributed by atoms with E-state index in [4.69, 9.17) is 14.2 Å². The maximum atomic E-state index is 12.4. The van der Waals surface area contributed by atoms with Gasteiger partial charge in [-0.1, -0.05) is 12.1 Å². The molecule has 0 aliphatic rings. The quantitative estimate of drug-likeness (QED) is 0.423. The molecule has 5 nitrogen and oxygen atoms in total. The number of aryl methyl sites for hydroxylation is 1. The molecule has 0 aliphatic carbocycles. The normalized spacial score (nSPS) is 11.8. The highest BCUT2D eigenvalue weighted by atomic mass is 32.2. The van der Waals surface area contributed by atoms with Crippen molar-refractivity contribution in [2.24, 2.45) is 0 Å². The molecule has 2 rings (SSSR count). The molecule has 2 aromatic carbocycles. The number of hydrogen-bond donors (Lipinski definition) is 1. The van der Waals surface area contributed by atoms with Crippen molar-refractivity contribution >= 4 is 17.7 Å². The molecule has 1 N–H and O–H groups in total. The van der Waals surface area contributed by atoms with Crippen LogP contribution in [0.3, 0.4) is 0 Å². The lowest BCUT2D eigenvalue weighted by Crippen LogP contribution is -2.31. The number of rotatable bonds is 11. The van der Waals surface area contributed by atoms with Crippen molar-refractivity contribution in [3.05, 3.63) is 48.0 Å². The van der Waals surface area contributed by atoms with E-state index in [1.807, 2.05) is 51.1 Å². The van der Waals surface area contributed by atoms with E-state index in [2.05, 4.69) is 17.4 Å². The number of carbonyl (C=O) groups is 1. The van der Waals surface area contributed by atoms with Crippen LogP contribution in [0.4, 0.5) is 0 Å². The lowest BCUT2D eigenvalue weighted by molar-refractivity contribution is -0.120. The third-order valence-corrected chi connectivity index (χ3v) is 5.37. The molecule has 6 heteroatoms. The van der Waals surface area contributed by atoms with Crippen LogP contribution in [0.2, 0.25) is 0 Å². The molecule has 0 spiro atoms. The number of nitrogens with one attached hydrogen (secondary N) is 1. The van der Waals surface area contributed by atoms with E-state index in [-0.39, 0.29) is 17.3 Å². The standard InChI is InChI=1S/C23H31NO4S/c1-16(2)28-19-10-8-18(9-11-19)7-6-14-24-23(25)17(3)29-20-12-13-21(26-4)22(15-20)27-5/h8-13,15-17H,6-7,14H2,1-5H3,(H,24,25)/t17-/m0/s1. The highest BCUT2D eigenvalue weighted by Gasteiger charge is 2.15. The molecule has 2 aromatic rings. The molecule has 0 bridgehead atoms. The van der Waals surface area contributed by atoms with Crippen LogP contribution in [0.25, 0.3) is 0 Å². The van der Waals surface area contributed by atoms with Gasteiger partial charge in [-0.2, -0.15) is 0 Å². The van der Waals surface area contributed by atoms with Crippen LogP contribution in [-0.4, -0.2) is 38.0 Å². The smallest absolute Gasteiger partial charge is 0.233 e. The zero-order chi connectivity index (χ0) is 21.2. The van der Waals surface area contributed by atoms with E-state index in [1.165, 1.54) is 17.3 Å². The Balaban J connectivity index is 1.74. The number of benzene rings is 2. The SMILES string of the molecule is COc1ccc(S[C@@H](C)C(=O)NCCCc2ccc(OC(C)C)cc2)cc1OC. The molecule has 0 fully saturated rings. The molecular weight excluding hydrogens is 386 g/mol. The molecule has 1 amide bonds. The van der Waals surface area contributed by atoms with Gasteiger partial charge in [0.1, 0.15) is 5.75 Å². The number of hydrogen-bond acceptors (Lipinski definition) is 5. The summed E-state index contributed by atoms with van der Waals surface area (Å²) in [5.74, 6) is 2.26. The van der Waals surface area contributed by atoms with Crippen molar-refractivity contribution < 1.29 is 19.0 Å². The van der Waals surface area contributed by atoms with E-state index >= 15 is 0 Å². The summed E-state index contributed by atoms with van der Waals surface area (Å²) in [6, 6.07) is 13.8. The second-order valence-electron chi connectivity index (χ2n) is 6.98. The minimum Gasteiger partial charge on any atom is -0.493 e. The molecule has 0 aliphatic heterocycles. The second-order valence-corrected chi connectivity index (χ2v) is 8.40. The fraction of sp³-hybridized carbons (Fsp3) is 0.435. The summed E-state index contributed by atoms with van der Waals surface area (Å²) in [4.78, 5) is 13.3. The van der Waals surface area contributed by atoms with Gasteiger partial charge >= 0.3 is 0 Å². The van der Waals surface area contributed by atoms with Crippen LogP contribution in [0.15, 0.2) is 47.4 Å². The first kappa shape index (κ1) is 22.9. The highest BCUT2D eigenvalue weighted by molar-refractivity contribution is 8.00. The van der Waals surface area contributed by atoms with E-state index in [0.29, 0.717) is 18.0 Å². The third kappa shape index (κ3) is 7.54. The maximum Gasteiger partial charge on any atom is 0.233 e. The van der Waals surface area contributed by atoms with E-state index < -0.39 is 0 Å². The van der Waals surface area contributed by atoms with Crippen molar-refractivity contribution in [1.82, 2.24) is 5.32 Å². The van der Waals surface area contributed by atoms with E-state index in [0.717, 1.165) is 23.5 Å². The fourth-order valence-corrected chi connectivity index (χ4v) is 3.72. The Hall–Kier alpha value is -2.34. The summed E-state index contributed by atoms with van der Waals surface area (Å²) in [5, 5.41) is 2.83. The topological polar surface area (TPSA) is 56.8 Å². The Labute approximate surface area is 178 Å². The Morgan fingerprint density at radius 3 is 2.31 bits per heavy atom. The zero-order valence-corrected chi connectivity index (χ0v) is 18.7. The Morgan fingerprint density at radius 2 is 1.69 bits per heavy atom. The van der Waals surface area contributed by atoms with Crippen molar-refractivity contribution in [3.63, 3.8) is 0 Å². The third-order valence-electron chi connectivity index (χ3n) is 4.27. The van der Waals surface area contributed by atoms with Crippen LogP contribution in [0.5, 0.6) is 17.2 Å². The molecule has 1 atom stereocenters. The molecule has 0 aromatic heterocycles. The first-order valence-electron chi connectivity index (χ1n) is 9.85. The maximum absolute atomic E-state index is 12.4. The van der Waals surface area contributed by atoms with Gasteiger partial charge in [-0.05, 0) is 69.5 Å². The average molecular weight is 418 g/mol. The largest absolute Gasteiger partial charge is 0.493 e. The number of thioether (sulfide) groups is 1. The van der Waals surface area contributed by atoms with Gasteiger partial charge in [0.15, 0.2) is 11.5 Å². The first-order chi connectivity index (χ1) is 13.9. The molecule has 0 heterocycles. The summed E-state index contributed by atoms with van der Waals surface area (Å²) < 4.78 is 16.2. The van der Waals surface area contributed by atoms with Crippen molar-refractivity contribution in [3.8, 4) is 17.2 Å². The second kappa shape index (κ2) is 11.6. The average Bonchev–Trinajstić information content (AvgIpc) is 2.71. The molecule has 0 saturated carbocycles. The molecule has 0 radical (unpaired) electrons. The fourth-order valence-electron chi connectivity index (χ4n) is 2.80. The van der Waals surface area contributed by atoms with Crippen molar-refractivity contribution in [1.29, 1.82) is 0 Å². The Kier molecular flexibility index (Phi) is 9.19. The summed E-state index contributed by atoms with van der Waals surface area (Å²) in [6.45, 7) is 6.59. The molecule has 0 unspecified atom stereocenters. The van der Waals surface area contributed by atoms with Gasteiger partial charge in [0.2, 0.25) is 5.91 Å². The summed E-state index contributed by atoms with van der Waals surface area (Å²) in [6.07, 6.45) is 1.98. The molecule has 158 valence electrons. The summed E-state index contributed by atoms with van der Waals surface area (Å²) in [7, 11) is 3.21. The Bertz CT molecular complexity index is 777. The van der Waals surface area contributed by atoms with Crippen LogP contribution in [0, 0.1) is 0 Å². The lowest BCUT2D eigenvalue weighted by Gasteiger charge is -2.14. The van der Waals surface area contributed by atoms with E-state index in [9.17, 15) is 4.79 Å². The van der Waals surface area contributed by atoms with Crippen LogP contribution in [-0.2, 0) is 11.2 Å². The lowest BCUT2D eigenvalue weighted by atomic mass is 10.1. The van der Waals surface area contributed by atoms with Crippen LogP contribution < -0.4 is 19.5 Å². The van der Waals surface area contributed by atoms with Gasteiger partial charge in [-0.25, -0.2) is 0 Å². The van der Waals surface area contributed by atoms with Gasteiger partial charge in [-0.15, -0.1) is 11.8 Å². The monoisotopic (exact) mass is 417 g/mol. The van der Waals surface area contributed by atoms with Crippen molar-refractivity contribution in [2.45, 2.75) is 49.9 Å². The zero-order valence-electron chi connectivity index (χ0n) is 17.9. The van der Waals surface area contributed by atoms with Crippen LogP contribution in [0.1, 0.15) is 32.8 Å². The predicted molar refractivity (Wildman–Crippen MR) is 118 cm³/mol. The predicted octanol–water partition coefficient (Wildman–Crippen LogP) is 4.72. The summed E-state index contributed by atoms with van der Waals surface area (Å²) >= 11 is 1.50. The number of ether oxygens (including phenoxy) is 3.